The Morgan fingerprint density at radius 2 is 1.48 bits per heavy atom. The molecule has 0 fully saturated rings. The molecular formula is C17H9ClF3NO3. The van der Waals surface area contributed by atoms with Crippen molar-refractivity contribution in [3.63, 3.8) is 0 Å². The molecule has 25 heavy (non-hydrogen) atoms. The van der Waals surface area contributed by atoms with Crippen LogP contribution in [-0.4, -0.2) is 6.36 Å². The first-order valence-electron chi connectivity index (χ1n) is 6.97. The van der Waals surface area contributed by atoms with Gasteiger partial charge in [0.25, 0.3) is 5.43 Å². The van der Waals surface area contributed by atoms with Gasteiger partial charge in [0.15, 0.2) is 0 Å². The number of rotatable bonds is 4. The molecule has 0 saturated carbocycles. The number of hydrogen-bond donors (Lipinski definition) is 1. The number of alkyl halides is 3. The molecule has 0 aromatic heterocycles. The Labute approximate surface area is 144 Å². The molecule has 0 aliphatic heterocycles. The fourth-order valence-corrected chi connectivity index (χ4v) is 2.41. The maximum Gasteiger partial charge on any atom is 0.573 e. The Balaban J connectivity index is 1.85. The van der Waals surface area contributed by atoms with Gasteiger partial charge in [0, 0.05) is 10.7 Å². The van der Waals surface area contributed by atoms with E-state index in [1.165, 1.54) is 12.1 Å². The summed E-state index contributed by atoms with van der Waals surface area (Å²) in [6.07, 6.45) is -4.78. The zero-order valence-electron chi connectivity index (χ0n) is 12.4. The van der Waals surface area contributed by atoms with E-state index in [0.717, 1.165) is 12.1 Å². The highest BCUT2D eigenvalue weighted by molar-refractivity contribution is 6.30. The first-order chi connectivity index (χ1) is 11.7. The standard InChI is InChI=1S/C17H9ClF3NO3/c18-10-3-1-9(2-4-10)13-14(16(24)15(13)23)22-11-5-7-12(8-6-11)25-17(19,20)21/h1-8,22H. The lowest BCUT2D eigenvalue weighted by Crippen LogP contribution is -2.35. The van der Waals surface area contributed by atoms with E-state index in [-0.39, 0.29) is 17.0 Å². The van der Waals surface area contributed by atoms with Crippen LogP contribution in [0.4, 0.5) is 24.5 Å². The van der Waals surface area contributed by atoms with Gasteiger partial charge in [0.05, 0.1) is 5.56 Å². The zero-order chi connectivity index (χ0) is 18.2. The van der Waals surface area contributed by atoms with E-state index < -0.39 is 17.2 Å². The average Bonchev–Trinajstić information content (AvgIpc) is 2.56. The molecule has 8 heteroatoms. The molecule has 0 heterocycles. The summed E-state index contributed by atoms with van der Waals surface area (Å²) in [5.41, 5.74) is -0.179. The Morgan fingerprint density at radius 3 is 2.04 bits per heavy atom. The van der Waals surface area contributed by atoms with Gasteiger partial charge in [-0.15, -0.1) is 13.2 Å². The van der Waals surface area contributed by atoms with Crippen LogP contribution in [0, 0.1) is 0 Å². The van der Waals surface area contributed by atoms with E-state index >= 15 is 0 Å². The van der Waals surface area contributed by atoms with Crippen molar-refractivity contribution in [2.45, 2.75) is 6.36 Å². The lowest BCUT2D eigenvalue weighted by molar-refractivity contribution is -0.274. The van der Waals surface area contributed by atoms with Crippen LogP contribution in [0.25, 0.3) is 11.1 Å². The Morgan fingerprint density at radius 1 is 0.880 bits per heavy atom. The maximum absolute atomic E-state index is 12.1. The quantitative estimate of drug-likeness (QED) is 0.701. The second-order valence-corrected chi connectivity index (χ2v) is 5.55. The molecule has 3 aromatic carbocycles. The predicted octanol–water partition coefficient (Wildman–Crippen LogP) is 4.25. The number of halogens is 4. The molecule has 0 radical (unpaired) electrons. The molecule has 1 N–H and O–H groups in total. The summed E-state index contributed by atoms with van der Waals surface area (Å²) in [6, 6.07) is 11.2. The van der Waals surface area contributed by atoms with Crippen molar-refractivity contribution in [2.24, 2.45) is 0 Å². The Kier molecular flexibility index (Phi) is 4.26. The lowest BCUT2D eigenvalue weighted by Gasteiger charge is -2.14. The maximum atomic E-state index is 12.1. The van der Waals surface area contributed by atoms with Crippen LogP contribution in [0.2, 0.25) is 5.02 Å². The fraction of sp³-hybridized carbons (Fsp3) is 0.0588. The highest BCUT2D eigenvalue weighted by Gasteiger charge is 2.31. The second-order valence-electron chi connectivity index (χ2n) is 5.11. The van der Waals surface area contributed by atoms with Crippen molar-refractivity contribution in [3.05, 3.63) is 74.0 Å². The smallest absolute Gasteiger partial charge is 0.406 e. The van der Waals surface area contributed by atoms with Crippen LogP contribution in [0.15, 0.2) is 58.1 Å². The summed E-state index contributed by atoms with van der Waals surface area (Å²) in [7, 11) is 0. The summed E-state index contributed by atoms with van der Waals surface area (Å²) >= 11 is 5.79. The fourth-order valence-electron chi connectivity index (χ4n) is 2.29. The minimum atomic E-state index is -4.78. The monoisotopic (exact) mass is 367 g/mol. The molecule has 3 aromatic rings. The van der Waals surface area contributed by atoms with Crippen molar-refractivity contribution in [1.82, 2.24) is 0 Å². The van der Waals surface area contributed by atoms with Gasteiger partial charge >= 0.3 is 6.36 Å². The van der Waals surface area contributed by atoms with E-state index in [2.05, 4.69) is 10.1 Å². The van der Waals surface area contributed by atoms with E-state index in [1.807, 2.05) is 0 Å². The lowest BCUT2D eigenvalue weighted by atomic mass is 9.98. The summed E-state index contributed by atoms with van der Waals surface area (Å²) in [5.74, 6) is -0.388. The van der Waals surface area contributed by atoms with Crippen molar-refractivity contribution in [3.8, 4) is 16.9 Å². The first kappa shape index (κ1) is 17.0. The molecule has 128 valence electrons. The Bertz CT molecular complexity index is 973. The molecular weight excluding hydrogens is 359 g/mol. The highest BCUT2D eigenvalue weighted by atomic mass is 35.5. The average molecular weight is 368 g/mol. The minimum Gasteiger partial charge on any atom is -0.406 e. The van der Waals surface area contributed by atoms with Gasteiger partial charge in [-0.25, -0.2) is 0 Å². The molecule has 0 saturated heterocycles. The predicted molar refractivity (Wildman–Crippen MR) is 88.2 cm³/mol. The minimum absolute atomic E-state index is 0.0804. The second kappa shape index (κ2) is 6.25. The van der Waals surface area contributed by atoms with Gasteiger partial charge in [-0.05, 0) is 42.0 Å². The topological polar surface area (TPSA) is 55.4 Å². The van der Waals surface area contributed by atoms with Gasteiger partial charge in [-0.2, -0.15) is 0 Å². The van der Waals surface area contributed by atoms with Gasteiger partial charge in [-0.3, -0.25) is 9.59 Å². The molecule has 0 amide bonds. The normalized spacial score (nSPS) is 11.5. The highest BCUT2D eigenvalue weighted by Crippen LogP contribution is 2.29. The molecule has 3 rings (SSSR count). The van der Waals surface area contributed by atoms with E-state index in [4.69, 9.17) is 11.6 Å². The third kappa shape index (κ3) is 3.66. The van der Waals surface area contributed by atoms with Gasteiger partial charge in [0.2, 0.25) is 5.43 Å². The van der Waals surface area contributed by atoms with Crippen molar-refractivity contribution < 1.29 is 17.9 Å². The molecule has 0 aliphatic rings. The molecule has 0 unspecified atom stereocenters. The van der Waals surface area contributed by atoms with Crippen LogP contribution in [0.5, 0.6) is 5.75 Å². The largest absolute Gasteiger partial charge is 0.573 e. The molecule has 0 atom stereocenters. The number of benzene rings is 2. The molecule has 4 nitrogen and oxygen atoms in total. The van der Waals surface area contributed by atoms with Crippen LogP contribution < -0.4 is 20.9 Å². The van der Waals surface area contributed by atoms with Gasteiger partial charge in [0.1, 0.15) is 11.4 Å². The third-order valence-electron chi connectivity index (χ3n) is 3.40. The summed E-state index contributed by atoms with van der Waals surface area (Å²) in [5, 5.41) is 3.23. The van der Waals surface area contributed by atoms with Gasteiger partial charge in [-0.1, -0.05) is 23.7 Å². The van der Waals surface area contributed by atoms with E-state index in [1.54, 1.807) is 24.3 Å². The Hall–Kier alpha value is -2.80. The first-order valence-corrected chi connectivity index (χ1v) is 7.34. The number of hydrogen-bond acceptors (Lipinski definition) is 4. The summed E-state index contributed by atoms with van der Waals surface area (Å²) in [4.78, 5) is 23.6. The molecule has 0 aliphatic carbocycles. The van der Waals surface area contributed by atoms with Crippen LogP contribution in [-0.2, 0) is 0 Å². The molecule has 0 bridgehead atoms. The van der Waals surface area contributed by atoms with Crippen molar-refractivity contribution >= 4 is 23.0 Å². The SMILES string of the molecule is O=c1c(Nc2ccc(OC(F)(F)F)cc2)c(-c2ccc(Cl)cc2)c1=O. The van der Waals surface area contributed by atoms with Crippen molar-refractivity contribution in [1.29, 1.82) is 0 Å². The van der Waals surface area contributed by atoms with Crippen molar-refractivity contribution in [2.75, 3.05) is 5.32 Å². The summed E-state index contributed by atoms with van der Waals surface area (Å²) < 4.78 is 40.2. The van der Waals surface area contributed by atoms with Crippen LogP contribution in [0.1, 0.15) is 0 Å². The number of ether oxygens (including phenoxy) is 1. The van der Waals surface area contributed by atoms with E-state index in [0.29, 0.717) is 16.3 Å². The van der Waals surface area contributed by atoms with E-state index in [9.17, 15) is 22.8 Å². The molecule has 0 spiro atoms. The summed E-state index contributed by atoms with van der Waals surface area (Å²) in [6.45, 7) is 0. The third-order valence-corrected chi connectivity index (χ3v) is 3.65. The number of anilines is 2. The zero-order valence-corrected chi connectivity index (χ0v) is 13.1. The van der Waals surface area contributed by atoms with Crippen LogP contribution >= 0.6 is 11.6 Å². The van der Waals surface area contributed by atoms with Gasteiger partial charge < -0.3 is 10.1 Å². The number of nitrogens with one attached hydrogen (secondary N) is 1. The van der Waals surface area contributed by atoms with Crippen LogP contribution in [0.3, 0.4) is 0 Å².